The monoisotopic (exact) mass is 412 g/mol. The summed E-state index contributed by atoms with van der Waals surface area (Å²) in [5.41, 5.74) is 0.983. The highest BCUT2D eigenvalue weighted by atomic mass is 19.4. The second kappa shape index (κ2) is 8.14. The molecule has 1 amide bonds. The Labute approximate surface area is 171 Å². The average Bonchev–Trinajstić information content (AvgIpc) is 2.79. The Morgan fingerprint density at radius 2 is 1.57 bits per heavy atom. The molecule has 154 valence electrons. The molecule has 2 heterocycles. The molecule has 8 heteroatoms. The lowest BCUT2D eigenvalue weighted by Crippen LogP contribution is -2.49. The number of nitrogens with zero attached hydrogens (tertiary/aromatic N) is 4. The van der Waals surface area contributed by atoms with Crippen molar-refractivity contribution in [1.82, 2.24) is 15.1 Å². The van der Waals surface area contributed by atoms with E-state index in [0.29, 0.717) is 32.0 Å². The lowest BCUT2D eigenvalue weighted by Gasteiger charge is -2.35. The third-order valence-corrected chi connectivity index (χ3v) is 5.05. The van der Waals surface area contributed by atoms with E-state index in [0.717, 1.165) is 23.4 Å². The van der Waals surface area contributed by atoms with Gasteiger partial charge in [-0.2, -0.15) is 13.2 Å². The van der Waals surface area contributed by atoms with Gasteiger partial charge in [0.15, 0.2) is 5.82 Å². The second-order valence-corrected chi connectivity index (χ2v) is 7.00. The molecule has 0 radical (unpaired) electrons. The van der Waals surface area contributed by atoms with Gasteiger partial charge in [-0.05, 0) is 30.3 Å². The summed E-state index contributed by atoms with van der Waals surface area (Å²) in [5, 5.41) is 8.57. The molecule has 0 aliphatic carbocycles. The maximum atomic E-state index is 12.9. The summed E-state index contributed by atoms with van der Waals surface area (Å²) in [6, 6.07) is 18.1. The number of hydrogen-bond donors (Lipinski definition) is 0. The predicted molar refractivity (Wildman–Crippen MR) is 107 cm³/mol. The number of carbonyl (C=O) groups is 1. The van der Waals surface area contributed by atoms with Crippen molar-refractivity contribution in [3.63, 3.8) is 0 Å². The van der Waals surface area contributed by atoms with Gasteiger partial charge in [-0.15, -0.1) is 10.2 Å². The summed E-state index contributed by atoms with van der Waals surface area (Å²) < 4.78 is 38.7. The third-order valence-electron chi connectivity index (χ3n) is 5.05. The molecule has 1 fully saturated rings. The van der Waals surface area contributed by atoms with E-state index >= 15 is 0 Å². The Bertz CT molecular complexity index is 1010. The zero-order valence-electron chi connectivity index (χ0n) is 16.0. The second-order valence-electron chi connectivity index (χ2n) is 7.00. The van der Waals surface area contributed by atoms with Gasteiger partial charge in [-0.3, -0.25) is 4.79 Å². The lowest BCUT2D eigenvalue weighted by atomic mass is 10.1. The minimum Gasteiger partial charge on any atom is -0.352 e. The normalized spacial score (nSPS) is 14.6. The molecular formula is C22H19F3N4O. The van der Waals surface area contributed by atoms with Gasteiger partial charge in [-0.1, -0.05) is 36.4 Å². The number of halogens is 3. The molecule has 2 aromatic carbocycles. The number of aromatic nitrogens is 2. The number of piperazine rings is 1. The fourth-order valence-corrected chi connectivity index (χ4v) is 3.41. The zero-order valence-corrected chi connectivity index (χ0v) is 16.0. The van der Waals surface area contributed by atoms with Gasteiger partial charge in [0.25, 0.3) is 5.91 Å². The van der Waals surface area contributed by atoms with E-state index in [-0.39, 0.29) is 5.56 Å². The topological polar surface area (TPSA) is 49.3 Å². The Morgan fingerprint density at radius 3 is 2.20 bits per heavy atom. The van der Waals surface area contributed by atoms with Crippen LogP contribution in [0, 0.1) is 0 Å². The number of benzene rings is 2. The van der Waals surface area contributed by atoms with Crippen molar-refractivity contribution in [3.8, 4) is 11.3 Å². The van der Waals surface area contributed by atoms with E-state index in [9.17, 15) is 18.0 Å². The quantitative estimate of drug-likeness (QED) is 0.649. The van der Waals surface area contributed by atoms with Crippen LogP contribution < -0.4 is 4.90 Å². The SMILES string of the molecule is O=C(c1cccc(C(F)(F)F)c1)N1CCN(c2ccc(-c3ccccc3)nn2)CC1. The van der Waals surface area contributed by atoms with Crippen molar-refractivity contribution in [3.05, 3.63) is 77.9 Å². The van der Waals surface area contributed by atoms with Gasteiger partial charge in [0.05, 0.1) is 11.3 Å². The Hall–Kier alpha value is -3.42. The molecule has 0 unspecified atom stereocenters. The maximum Gasteiger partial charge on any atom is 0.416 e. The fourth-order valence-electron chi connectivity index (χ4n) is 3.41. The summed E-state index contributed by atoms with van der Waals surface area (Å²) in [7, 11) is 0. The van der Waals surface area contributed by atoms with Crippen LogP contribution in [0.15, 0.2) is 66.7 Å². The van der Waals surface area contributed by atoms with Gasteiger partial charge in [-0.25, -0.2) is 0 Å². The van der Waals surface area contributed by atoms with E-state index in [1.165, 1.54) is 12.1 Å². The molecule has 1 aliphatic rings. The molecule has 3 aromatic rings. The molecule has 30 heavy (non-hydrogen) atoms. The van der Waals surface area contributed by atoms with Gasteiger partial charge in [0, 0.05) is 37.3 Å². The first-order chi connectivity index (χ1) is 14.4. The van der Waals surface area contributed by atoms with Crippen LogP contribution in [0.2, 0.25) is 0 Å². The predicted octanol–water partition coefficient (Wildman–Crippen LogP) is 4.12. The van der Waals surface area contributed by atoms with Crippen LogP contribution in [0.25, 0.3) is 11.3 Å². The van der Waals surface area contributed by atoms with E-state index in [2.05, 4.69) is 10.2 Å². The van der Waals surface area contributed by atoms with E-state index in [1.807, 2.05) is 47.4 Å². The third kappa shape index (κ3) is 4.27. The van der Waals surface area contributed by atoms with Crippen molar-refractivity contribution in [2.24, 2.45) is 0 Å². The van der Waals surface area contributed by atoms with Crippen molar-refractivity contribution in [2.45, 2.75) is 6.18 Å². The molecule has 0 saturated carbocycles. The molecule has 0 bridgehead atoms. The molecule has 5 nitrogen and oxygen atoms in total. The number of hydrogen-bond acceptors (Lipinski definition) is 4. The number of alkyl halides is 3. The molecule has 4 rings (SSSR count). The number of rotatable bonds is 3. The van der Waals surface area contributed by atoms with Crippen LogP contribution in [-0.2, 0) is 6.18 Å². The zero-order chi connectivity index (χ0) is 21.1. The van der Waals surface area contributed by atoms with Gasteiger partial charge < -0.3 is 9.80 Å². The smallest absolute Gasteiger partial charge is 0.352 e. The minimum atomic E-state index is -4.47. The maximum absolute atomic E-state index is 12.9. The molecule has 1 saturated heterocycles. The van der Waals surface area contributed by atoms with Gasteiger partial charge in [0.2, 0.25) is 0 Å². The fraction of sp³-hybridized carbons (Fsp3) is 0.227. The molecule has 0 N–H and O–H groups in total. The highest BCUT2D eigenvalue weighted by molar-refractivity contribution is 5.94. The summed E-state index contributed by atoms with van der Waals surface area (Å²) in [4.78, 5) is 16.2. The van der Waals surface area contributed by atoms with Gasteiger partial charge >= 0.3 is 6.18 Å². The van der Waals surface area contributed by atoms with Crippen molar-refractivity contribution in [1.29, 1.82) is 0 Å². The number of carbonyl (C=O) groups excluding carboxylic acids is 1. The van der Waals surface area contributed by atoms with Crippen LogP contribution >= 0.6 is 0 Å². The van der Waals surface area contributed by atoms with E-state index in [1.54, 1.807) is 4.90 Å². The van der Waals surface area contributed by atoms with Crippen LogP contribution in [0.3, 0.4) is 0 Å². The largest absolute Gasteiger partial charge is 0.416 e. The highest BCUT2D eigenvalue weighted by Crippen LogP contribution is 2.30. The van der Waals surface area contributed by atoms with Crippen LogP contribution in [0.4, 0.5) is 19.0 Å². The molecule has 0 spiro atoms. The summed E-state index contributed by atoms with van der Waals surface area (Å²) in [6.07, 6.45) is -4.47. The van der Waals surface area contributed by atoms with E-state index in [4.69, 9.17) is 0 Å². The molecular weight excluding hydrogens is 393 g/mol. The molecule has 1 aromatic heterocycles. The van der Waals surface area contributed by atoms with Crippen molar-refractivity contribution < 1.29 is 18.0 Å². The Kier molecular flexibility index (Phi) is 5.39. The van der Waals surface area contributed by atoms with Crippen LogP contribution in [0.5, 0.6) is 0 Å². The molecule has 0 atom stereocenters. The Morgan fingerprint density at radius 1 is 0.833 bits per heavy atom. The molecule has 1 aliphatic heterocycles. The lowest BCUT2D eigenvalue weighted by molar-refractivity contribution is -0.137. The highest BCUT2D eigenvalue weighted by Gasteiger charge is 2.31. The standard InChI is InChI=1S/C22H19F3N4O/c23-22(24,25)18-8-4-7-17(15-18)21(30)29-13-11-28(12-14-29)20-10-9-19(26-27-20)16-5-2-1-3-6-16/h1-10,15H,11-14H2. The average molecular weight is 412 g/mol. The van der Waals surface area contributed by atoms with Crippen LogP contribution in [-0.4, -0.2) is 47.2 Å². The Balaban J connectivity index is 1.40. The summed E-state index contributed by atoms with van der Waals surface area (Å²) in [6.45, 7) is 1.86. The van der Waals surface area contributed by atoms with Crippen molar-refractivity contribution in [2.75, 3.05) is 31.1 Å². The summed E-state index contributed by atoms with van der Waals surface area (Å²) >= 11 is 0. The number of amides is 1. The first-order valence-electron chi connectivity index (χ1n) is 9.52. The first-order valence-corrected chi connectivity index (χ1v) is 9.52. The number of anilines is 1. The van der Waals surface area contributed by atoms with Crippen molar-refractivity contribution >= 4 is 11.7 Å². The van der Waals surface area contributed by atoms with E-state index < -0.39 is 17.6 Å². The first kappa shape index (κ1) is 19.9. The summed E-state index contributed by atoms with van der Waals surface area (Å²) in [5.74, 6) is 0.312. The van der Waals surface area contributed by atoms with Crippen LogP contribution in [0.1, 0.15) is 15.9 Å². The minimum absolute atomic E-state index is 0.0466. The van der Waals surface area contributed by atoms with Gasteiger partial charge in [0.1, 0.15) is 0 Å².